The molecule has 0 atom stereocenters. The zero-order valence-electron chi connectivity index (χ0n) is 15.8. The van der Waals surface area contributed by atoms with Crippen LogP contribution in [0.15, 0.2) is 77.9 Å². The molecular weight excluding hydrogens is 425 g/mol. The minimum atomic E-state index is -1.10. The van der Waals surface area contributed by atoms with Gasteiger partial charge in [-0.3, -0.25) is 9.59 Å². The van der Waals surface area contributed by atoms with Gasteiger partial charge in [0.25, 0.3) is 0 Å². The lowest BCUT2D eigenvalue weighted by atomic mass is 10.2. The number of hydrogen-bond acceptors (Lipinski definition) is 5. The highest BCUT2D eigenvalue weighted by molar-refractivity contribution is 6.39. The Kier molecular flexibility index (Phi) is 7.08. The maximum Gasteiger partial charge on any atom is 0.343 e. The third-order valence-corrected chi connectivity index (χ3v) is 4.12. The number of nitrogens with zero attached hydrogens (tertiary/aromatic N) is 1. The topological polar surface area (TPSA) is 96.9 Å². The summed E-state index contributed by atoms with van der Waals surface area (Å²) in [5.41, 5.74) is 2.52. The first kappa shape index (κ1) is 21.7. The molecule has 9 heteroatoms. The summed E-state index contributed by atoms with van der Waals surface area (Å²) in [6, 6.07) is 18.1. The van der Waals surface area contributed by atoms with Crippen molar-refractivity contribution in [1.82, 2.24) is 5.43 Å². The van der Waals surface area contributed by atoms with Gasteiger partial charge in [0, 0.05) is 10.6 Å². The van der Waals surface area contributed by atoms with E-state index in [1.807, 2.05) is 5.43 Å². The third-order valence-electron chi connectivity index (χ3n) is 3.88. The fourth-order valence-electron chi connectivity index (χ4n) is 2.41. The number of anilines is 1. The highest BCUT2D eigenvalue weighted by Crippen LogP contribution is 2.19. The summed E-state index contributed by atoms with van der Waals surface area (Å²) in [6.45, 7) is 0. The predicted molar refractivity (Wildman–Crippen MR) is 114 cm³/mol. The van der Waals surface area contributed by atoms with Crippen LogP contribution in [0, 0.1) is 5.82 Å². The molecule has 0 bridgehead atoms. The van der Waals surface area contributed by atoms with Crippen LogP contribution in [0.3, 0.4) is 0 Å². The van der Waals surface area contributed by atoms with Crippen molar-refractivity contribution in [3.63, 3.8) is 0 Å². The Balaban J connectivity index is 1.63. The summed E-state index contributed by atoms with van der Waals surface area (Å²) in [5.74, 6) is -3.32. The van der Waals surface area contributed by atoms with Gasteiger partial charge in [0.1, 0.15) is 11.6 Å². The molecule has 31 heavy (non-hydrogen) atoms. The summed E-state index contributed by atoms with van der Waals surface area (Å²) in [7, 11) is 0. The average Bonchev–Trinajstić information content (AvgIpc) is 2.76. The second-order valence-electron chi connectivity index (χ2n) is 6.07. The van der Waals surface area contributed by atoms with Crippen molar-refractivity contribution in [3.05, 3.63) is 94.8 Å². The Morgan fingerprint density at radius 2 is 1.68 bits per heavy atom. The molecular formula is C22H15ClFN3O4. The number of carbonyl (C=O) groups is 3. The largest absolute Gasteiger partial charge is 0.422 e. The van der Waals surface area contributed by atoms with Crippen LogP contribution in [-0.4, -0.2) is 24.0 Å². The molecule has 0 aliphatic heterocycles. The third kappa shape index (κ3) is 5.97. The minimum absolute atomic E-state index is 0.134. The molecule has 0 heterocycles. The van der Waals surface area contributed by atoms with E-state index in [-0.39, 0.29) is 17.0 Å². The first-order valence-electron chi connectivity index (χ1n) is 8.90. The van der Waals surface area contributed by atoms with Crippen molar-refractivity contribution >= 4 is 41.3 Å². The van der Waals surface area contributed by atoms with E-state index < -0.39 is 23.6 Å². The van der Waals surface area contributed by atoms with Gasteiger partial charge in [0.15, 0.2) is 0 Å². The molecule has 3 rings (SSSR count). The SMILES string of the molecule is O=C(NN=Cc1ccccc1OC(=O)c1cccc(Cl)c1)C(=O)Nc1ccccc1F. The summed E-state index contributed by atoms with van der Waals surface area (Å²) < 4.78 is 18.9. The van der Waals surface area contributed by atoms with E-state index in [1.54, 1.807) is 36.4 Å². The van der Waals surface area contributed by atoms with Gasteiger partial charge in [0.2, 0.25) is 0 Å². The molecule has 0 radical (unpaired) electrons. The zero-order valence-corrected chi connectivity index (χ0v) is 16.6. The number of benzene rings is 3. The van der Waals surface area contributed by atoms with E-state index in [9.17, 15) is 18.8 Å². The van der Waals surface area contributed by atoms with Crippen molar-refractivity contribution < 1.29 is 23.5 Å². The number of halogens is 2. The molecule has 0 fully saturated rings. The lowest BCUT2D eigenvalue weighted by molar-refractivity contribution is -0.136. The molecule has 2 amide bonds. The number of hydrogen-bond donors (Lipinski definition) is 2. The Morgan fingerprint density at radius 3 is 2.45 bits per heavy atom. The summed E-state index contributed by atoms with van der Waals surface area (Å²) >= 11 is 5.88. The van der Waals surface area contributed by atoms with E-state index in [0.29, 0.717) is 10.6 Å². The van der Waals surface area contributed by atoms with Crippen LogP contribution >= 0.6 is 11.6 Å². The van der Waals surface area contributed by atoms with E-state index in [1.165, 1.54) is 36.5 Å². The molecule has 156 valence electrons. The fraction of sp³-hybridized carbons (Fsp3) is 0. The number of rotatable bonds is 5. The lowest BCUT2D eigenvalue weighted by Gasteiger charge is -2.07. The maximum atomic E-state index is 13.6. The monoisotopic (exact) mass is 439 g/mol. The zero-order chi connectivity index (χ0) is 22.2. The van der Waals surface area contributed by atoms with Crippen LogP contribution in [0.5, 0.6) is 5.75 Å². The minimum Gasteiger partial charge on any atom is -0.422 e. The summed E-state index contributed by atoms with van der Waals surface area (Å²) in [5, 5.41) is 6.22. The molecule has 0 saturated heterocycles. The average molecular weight is 440 g/mol. The number of amides is 2. The Labute approximate surface area is 181 Å². The number of nitrogens with one attached hydrogen (secondary N) is 2. The van der Waals surface area contributed by atoms with Gasteiger partial charge in [-0.2, -0.15) is 5.10 Å². The number of esters is 1. The molecule has 0 aliphatic rings. The molecule has 0 aromatic heterocycles. The second kappa shape index (κ2) is 10.1. The smallest absolute Gasteiger partial charge is 0.343 e. The summed E-state index contributed by atoms with van der Waals surface area (Å²) in [6.07, 6.45) is 1.20. The van der Waals surface area contributed by atoms with Crippen molar-refractivity contribution in [2.45, 2.75) is 0 Å². The van der Waals surface area contributed by atoms with Crippen LogP contribution in [0.4, 0.5) is 10.1 Å². The van der Waals surface area contributed by atoms with Gasteiger partial charge < -0.3 is 10.1 Å². The molecule has 7 nitrogen and oxygen atoms in total. The van der Waals surface area contributed by atoms with Gasteiger partial charge in [-0.15, -0.1) is 0 Å². The fourth-order valence-corrected chi connectivity index (χ4v) is 2.60. The quantitative estimate of drug-likeness (QED) is 0.208. The molecule has 3 aromatic rings. The van der Waals surface area contributed by atoms with Gasteiger partial charge in [-0.1, -0.05) is 41.9 Å². The normalized spacial score (nSPS) is 10.5. The number of carbonyl (C=O) groups excluding carboxylic acids is 3. The van der Waals surface area contributed by atoms with E-state index in [4.69, 9.17) is 16.3 Å². The lowest BCUT2D eigenvalue weighted by Crippen LogP contribution is -2.32. The van der Waals surface area contributed by atoms with Gasteiger partial charge in [-0.25, -0.2) is 14.6 Å². The molecule has 0 saturated carbocycles. The second-order valence-corrected chi connectivity index (χ2v) is 6.51. The highest BCUT2D eigenvalue weighted by Gasteiger charge is 2.15. The van der Waals surface area contributed by atoms with Crippen molar-refractivity contribution in [1.29, 1.82) is 0 Å². The van der Waals surface area contributed by atoms with Crippen molar-refractivity contribution in [3.8, 4) is 5.75 Å². The number of ether oxygens (including phenoxy) is 1. The van der Waals surface area contributed by atoms with Crippen molar-refractivity contribution in [2.75, 3.05) is 5.32 Å². The Morgan fingerprint density at radius 1 is 0.935 bits per heavy atom. The van der Waals surface area contributed by atoms with Gasteiger partial charge in [-0.05, 0) is 42.5 Å². The maximum absolute atomic E-state index is 13.6. The highest BCUT2D eigenvalue weighted by atomic mass is 35.5. The van der Waals surface area contributed by atoms with Crippen LogP contribution in [-0.2, 0) is 9.59 Å². The first-order chi connectivity index (χ1) is 14.9. The van der Waals surface area contributed by atoms with Crippen LogP contribution in [0.1, 0.15) is 15.9 Å². The van der Waals surface area contributed by atoms with E-state index in [0.717, 1.165) is 6.07 Å². The van der Waals surface area contributed by atoms with Crippen LogP contribution in [0.2, 0.25) is 5.02 Å². The standard InChI is InChI=1S/C22H15ClFN3O4/c23-16-8-5-7-14(12-16)22(30)31-19-11-4-1-6-15(19)13-25-27-21(29)20(28)26-18-10-3-2-9-17(18)24/h1-13H,(H,26,28)(H,27,29). The molecule has 3 aromatic carbocycles. The van der Waals surface area contributed by atoms with Crippen molar-refractivity contribution in [2.24, 2.45) is 5.10 Å². The number of para-hydroxylation sites is 2. The Hall–Kier alpha value is -4.04. The van der Waals surface area contributed by atoms with Gasteiger partial charge in [0.05, 0.1) is 17.5 Å². The Bertz CT molecular complexity index is 1170. The van der Waals surface area contributed by atoms with E-state index in [2.05, 4.69) is 10.4 Å². The molecule has 0 aliphatic carbocycles. The van der Waals surface area contributed by atoms with Gasteiger partial charge >= 0.3 is 17.8 Å². The van der Waals surface area contributed by atoms with Crippen LogP contribution in [0.25, 0.3) is 0 Å². The molecule has 0 spiro atoms. The summed E-state index contributed by atoms with van der Waals surface area (Å²) in [4.78, 5) is 36.0. The predicted octanol–water partition coefficient (Wildman–Crippen LogP) is 3.79. The molecule has 2 N–H and O–H groups in total. The number of hydrazone groups is 1. The molecule has 0 unspecified atom stereocenters. The van der Waals surface area contributed by atoms with Crippen LogP contribution < -0.4 is 15.5 Å². The van der Waals surface area contributed by atoms with E-state index >= 15 is 0 Å². The first-order valence-corrected chi connectivity index (χ1v) is 9.27.